The number of nitrogens with zero attached hydrogens (tertiary/aromatic N) is 1. The van der Waals surface area contributed by atoms with Crippen LogP contribution in [0.1, 0.15) is 26.2 Å². The van der Waals surface area contributed by atoms with Gasteiger partial charge >= 0.3 is 5.97 Å². The minimum atomic E-state index is -3.41. The lowest BCUT2D eigenvalue weighted by Gasteiger charge is -2.41. The number of carbonyl (C=O) groups excluding carboxylic acids is 1. The van der Waals surface area contributed by atoms with Crippen molar-refractivity contribution in [2.45, 2.75) is 26.2 Å². The van der Waals surface area contributed by atoms with Gasteiger partial charge in [-0.3, -0.25) is 8.98 Å². The average molecular weight is 338 g/mol. The van der Waals surface area contributed by atoms with E-state index in [2.05, 4.69) is 4.18 Å². The van der Waals surface area contributed by atoms with Gasteiger partial charge in [-0.25, -0.2) is 0 Å². The maximum atomic E-state index is 11.4. The Morgan fingerprint density at radius 3 is 2.50 bits per heavy atom. The van der Waals surface area contributed by atoms with E-state index in [1.165, 1.54) is 7.11 Å². The molecule has 130 valence electrons. The van der Waals surface area contributed by atoms with Crippen LogP contribution in [0, 0.1) is 0 Å². The molecule has 1 saturated heterocycles. The van der Waals surface area contributed by atoms with E-state index in [0.717, 1.165) is 30.5 Å². The molecule has 0 unspecified atom stereocenters. The summed E-state index contributed by atoms with van der Waals surface area (Å²) in [5.41, 5.74) is 0. The first kappa shape index (κ1) is 19.3. The molecule has 0 saturated carbocycles. The summed E-state index contributed by atoms with van der Waals surface area (Å²) in [4.78, 5) is 11.4. The molecular formula is C14H28NO6S+. The fourth-order valence-corrected chi connectivity index (χ4v) is 3.23. The smallest absolute Gasteiger partial charge is 0.305 e. The van der Waals surface area contributed by atoms with Crippen LogP contribution in [-0.4, -0.2) is 77.7 Å². The van der Waals surface area contributed by atoms with E-state index in [0.29, 0.717) is 39.2 Å². The summed E-state index contributed by atoms with van der Waals surface area (Å²) in [6.45, 7) is 6.67. The van der Waals surface area contributed by atoms with E-state index >= 15 is 0 Å². The van der Waals surface area contributed by atoms with Crippen molar-refractivity contribution in [2.24, 2.45) is 0 Å². The zero-order chi connectivity index (χ0) is 16.5. The number of carbonyl (C=O) groups is 1. The van der Waals surface area contributed by atoms with Crippen molar-refractivity contribution >= 4 is 16.1 Å². The van der Waals surface area contributed by atoms with E-state index in [4.69, 9.17) is 9.47 Å². The number of rotatable bonds is 10. The van der Waals surface area contributed by atoms with E-state index in [9.17, 15) is 13.2 Å². The first-order chi connectivity index (χ1) is 10.4. The van der Waals surface area contributed by atoms with Crippen LogP contribution < -0.4 is 0 Å². The molecule has 0 spiro atoms. The Bertz CT molecular complexity index is 431. The second-order valence-electron chi connectivity index (χ2n) is 5.60. The Labute approximate surface area is 133 Å². The number of quaternary nitrogens is 1. The quantitative estimate of drug-likeness (QED) is 0.329. The summed E-state index contributed by atoms with van der Waals surface area (Å²) >= 11 is 0. The molecule has 8 heteroatoms. The molecule has 7 nitrogen and oxygen atoms in total. The van der Waals surface area contributed by atoms with Crippen LogP contribution in [-0.2, 0) is 28.6 Å². The van der Waals surface area contributed by atoms with E-state index in [-0.39, 0.29) is 11.7 Å². The molecule has 0 aromatic rings. The molecule has 22 heavy (non-hydrogen) atoms. The van der Waals surface area contributed by atoms with Crippen LogP contribution >= 0.6 is 0 Å². The van der Waals surface area contributed by atoms with Gasteiger partial charge in [0.05, 0.1) is 32.6 Å². The van der Waals surface area contributed by atoms with Crippen LogP contribution in [0.25, 0.3) is 0 Å². The number of hydrogen-bond donors (Lipinski definition) is 0. The van der Waals surface area contributed by atoms with Crippen molar-refractivity contribution in [1.29, 1.82) is 0 Å². The molecule has 1 rings (SSSR count). The van der Waals surface area contributed by atoms with E-state index < -0.39 is 10.1 Å². The van der Waals surface area contributed by atoms with Crippen LogP contribution in [0.3, 0.4) is 0 Å². The lowest BCUT2D eigenvalue weighted by Crippen LogP contribution is -2.57. The fourth-order valence-electron chi connectivity index (χ4n) is 2.58. The standard InChI is InChI=1S/C14H28NO6S/c1-3-5-14(16)21-12-9-15(7-10-20-11-8-15)6-4-13-22(17,18)19-2/h3-13H2,1-2H3/q+1. The molecule has 1 fully saturated rings. The van der Waals surface area contributed by atoms with Crippen LogP contribution in [0.5, 0.6) is 0 Å². The Kier molecular flexibility index (Phi) is 8.30. The Hall–Kier alpha value is -0.700. The Morgan fingerprint density at radius 2 is 1.91 bits per heavy atom. The summed E-state index contributed by atoms with van der Waals surface area (Å²) in [6, 6.07) is 0. The van der Waals surface area contributed by atoms with Crippen LogP contribution in [0.2, 0.25) is 0 Å². The zero-order valence-corrected chi connectivity index (χ0v) is 14.4. The number of esters is 1. The van der Waals surface area contributed by atoms with Gasteiger partial charge in [-0.1, -0.05) is 6.92 Å². The van der Waals surface area contributed by atoms with E-state index in [1.807, 2.05) is 6.92 Å². The van der Waals surface area contributed by atoms with Gasteiger partial charge < -0.3 is 14.0 Å². The highest BCUT2D eigenvalue weighted by Gasteiger charge is 2.30. The minimum Gasteiger partial charge on any atom is -0.460 e. The predicted molar refractivity (Wildman–Crippen MR) is 81.8 cm³/mol. The molecule has 0 aromatic heterocycles. The second-order valence-corrected chi connectivity index (χ2v) is 7.46. The van der Waals surface area contributed by atoms with Gasteiger partial charge in [0.15, 0.2) is 0 Å². The summed E-state index contributed by atoms with van der Waals surface area (Å²) in [5, 5.41) is 0. The largest absolute Gasteiger partial charge is 0.460 e. The summed E-state index contributed by atoms with van der Waals surface area (Å²) < 4.78 is 38.6. The van der Waals surface area contributed by atoms with Crippen molar-refractivity contribution in [3.8, 4) is 0 Å². The van der Waals surface area contributed by atoms with Gasteiger partial charge in [-0.05, 0) is 6.42 Å². The summed E-state index contributed by atoms with van der Waals surface area (Å²) in [7, 11) is -2.23. The van der Waals surface area contributed by atoms with E-state index in [1.54, 1.807) is 0 Å². The van der Waals surface area contributed by atoms with Gasteiger partial charge in [0.1, 0.15) is 26.2 Å². The van der Waals surface area contributed by atoms with Gasteiger partial charge in [0.2, 0.25) is 0 Å². The topological polar surface area (TPSA) is 78.9 Å². The van der Waals surface area contributed by atoms with Crippen molar-refractivity contribution < 1.29 is 31.4 Å². The third kappa shape index (κ3) is 7.04. The SMILES string of the molecule is CCCC(=O)OCC[N+]1(CCCS(=O)(=O)OC)CCOCC1. The number of morpholine rings is 1. The van der Waals surface area contributed by atoms with Gasteiger partial charge in [-0.15, -0.1) is 0 Å². The van der Waals surface area contributed by atoms with Crippen molar-refractivity contribution in [2.75, 3.05) is 58.9 Å². The molecule has 0 amide bonds. The third-order valence-electron chi connectivity index (χ3n) is 3.98. The number of hydrogen-bond acceptors (Lipinski definition) is 6. The summed E-state index contributed by atoms with van der Waals surface area (Å²) in [5.74, 6) is -0.157. The molecule has 0 atom stereocenters. The first-order valence-corrected chi connectivity index (χ1v) is 9.37. The van der Waals surface area contributed by atoms with Crippen molar-refractivity contribution in [3.63, 3.8) is 0 Å². The highest BCUT2D eigenvalue weighted by atomic mass is 32.2. The molecule has 0 N–H and O–H groups in total. The minimum absolute atomic E-state index is 0.0139. The number of ether oxygens (including phenoxy) is 2. The molecule has 1 heterocycles. The maximum absolute atomic E-state index is 11.4. The van der Waals surface area contributed by atoms with Gasteiger partial charge in [0, 0.05) is 12.8 Å². The molecule has 0 bridgehead atoms. The third-order valence-corrected chi connectivity index (χ3v) is 5.28. The van der Waals surface area contributed by atoms with Crippen LogP contribution in [0.4, 0.5) is 0 Å². The van der Waals surface area contributed by atoms with Gasteiger partial charge in [0.25, 0.3) is 10.1 Å². The lowest BCUT2D eigenvalue weighted by molar-refractivity contribution is -0.935. The highest BCUT2D eigenvalue weighted by molar-refractivity contribution is 7.86. The second kappa shape index (κ2) is 9.44. The molecular weight excluding hydrogens is 310 g/mol. The molecule has 0 aromatic carbocycles. The zero-order valence-electron chi connectivity index (χ0n) is 13.6. The van der Waals surface area contributed by atoms with Gasteiger partial charge in [-0.2, -0.15) is 8.42 Å². The fraction of sp³-hybridized carbons (Fsp3) is 0.929. The van der Waals surface area contributed by atoms with Crippen LogP contribution in [0.15, 0.2) is 0 Å². The normalized spacial score (nSPS) is 18.1. The van der Waals surface area contributed by atoms with Crippen molar-refractivity contribution in [3.05, 3.63) is 0 Å². The first-order valence-electron chi connectivity index (χ1n) is 7.80. The highest BCUT2D eigenvalue weighted by Crippen LogP contribution is 2.13. The Balaban J connectivity index is 2.45. The lowest BCUT2D eigenvalue weighted by atomic mass is 10.2. The average Bonchev–Trinajstić information content (AvgIpc) is 2.48. The predicted octanol–water partition coefficient (Wildman–Crippen LogP) is 0.543. The molecule has 1 aliphatic heterocycles. The summed E-state index contributed by atoms with van der Waals surface area (Å²) in [6.07, 6.45) is 1.75. The maximum Gasteiger partial charge on any atom is 0.305 e. The van der Waals surface area contributed by atoms with Crippen molar-refractivity contribution in [1.82, 2.24) is 0 Å². The Morgan fingerprint density at radius 1 is 1.23 bits per heavy atom. The monoisotopic (exact) mass is 338 g/mol. The molecule has 1 aliphatic rings. The molecule has 0 aliphatic carbocycles. The molecule has 0 radical (unpaired) electrons.